The molecule has 0 saturated heterocycles. The molecule has 1 aliphatic rings. The molecule has 0 bridgehead atoms. The maximum atomic E-state index is 12.7. The minimum absolute atomic E-state index is 0.0925. The van der Waals surface area contributed by atoms with Gasteiger partial charge in [0, 0.05) is 28.5 Å². The van der Waals surface area contributed by atoms with Gasteiger partial charge in [0.15, 0.2) is 0 Å². The van der Waals surface area contributed by atoms with E-state index in [1.165, 1.54) is 0 Å². The van der Waals surface area contributed by atoms with E-state index in [4.69, 9.17) is 11.6 Å². The van der Waals surface area contributed by atoms with Crippen LogP contribution in [0.3, 0.4) is 0 Å². The Morgan fingerprint density at radius 3 is 1.93 bits per heavy atom. The summed E-state index contributed by atoms with van der Waals surface area (Å²) in [6.45, 7) is 4.13. The molecule has 5 heteroatoms. The van der Waals surface area contributed by atoms with Gasteiger partial charge < -0.3 is 10.6 Å². The largest absolute Gasteiger partial charge is 0.346 e. The van der Waals surface area contributed by atoms with Crippen molar-refractivity contribution in [1.82, 2.24) is 10.6 Å². The number of halogens is 1. The van der Waals surface area contributed by atoms with E-state index in [0.29, 0.717) is 17.0 Å². The van der Waals surface area contributed by atoms with Crippen LogP contribution < -0.4 is 10.6 Å². The molecule has 29 heavy (non-hydrogen) atoms. The molecule has 0 saturated carbocycles. The fourth-order valence-corrected chi connectivity index (χ4v) is 3.78. The van der Waals surface area contributed by atoms with Gasteiger partial charge in [-0.2, -0.15) is 0 Å². The predicted octanol–water partition coefficient (Wildman–Crippen LogP) is 4.57. The summed E-state index contributed by atoms with van der Waals surface area (Å²) in [6.07, 6.45) is 3.56. The first-order valence-electron chi connectivity index (χ1n) is 9.90. The lowest BCUT2D eigenvalue weighted by molar-refractivity contribution is 0.0916. The van der Waals surface area contributed by atoms with E-state index >= 15 is 0 Å². The molecule has 2 amide bonds. The van der Waals surface area contributed by atoms with Crippen LogP contribution in [-0.2, 0) is 0 Å². The smallest absolute Gasteiger partial charge is 0.251 e. The van der Waals surface area contributed by atoms with E-state index in [2.05, 4.69) is 30.6 Å². The van der Waals surface area contributed by atoms with E-state index in [0.717, 1.165) is 18.4 Å². The summed E-state index contributed by atoms with van der Waals surface area (Å²) < 4.78 is 0. The predicted molar refractivity (Wildman–Crippen MR) is 117 cm³/mol. The molecular formula is C24H27ClN2O2. The molecule has 4 nitrogen and oxygen atoms in total. The highest BCUT2D eigenvalue weighted by atomic mass is 35.5. The van der Waals surface area contributed by atoms with Crippen LogP contribution in [0, 0.1) is 5.41 Å². The average molecular weight is 411 g/mol. The molecule has 2 N–H and O–H groups in total. The third kappa shape index (κ3) is 5.27. The van der Waals surface area contributed by atoms with Gasteiger partial charge in [-0.3, -0.25) is 9.59 Å². The maximum Gasteiger partial charge on any atom is 0.251 e. The van der Waals surface area contributed by atoms with Gasteiger partial charge in [0.25, 0.3) is 11.8 Å². The van der Waals surface area contributed by atoms with Crippen LogP contribution in [0.25, 0.3) is 0 Å². The molecule has 0 aromatic heterocycles. The fourth-order valence-electron chi connectivity index (χ4n) is 3.63. The summed E-state index contributed by atoms with van der Waals surface area (Å²) in [6, 6.07) is 18.2. The lowest BCUT2D eigenvalue weighted by Crippen LogP contribution is -2.46. The van der Waals surface area contributed by atoms with Gasteiger partial charge in [-0.15, -0.1) is 11.6 Å². The number of alkyl halides is 1. The minimum atomic E-state index is -0.299. The topological polar surface area (TPSA) is 58.2 Å². The standard InChI is InChI=1S/C24H27ClN2O2/c1-24(2,16-25)20-15-19(26-22(28)17-9-5-3-6-10-17)13-14-21(20)27-23(29)18-11-7-4-8-12-18/h3-12,15,19,21H,13-14,16H2,1-2H3,(H,26,28)(H,27,29)/t19-,21+/m0/s1. The van der Waals surface area contributed by atoms with Crippen LogP contribution in [0.1, 0.15) is 47.4 Å². The number of benzene rings is 2. The average Bonchev–Trinajstić information content (AvgIpc) is 2.75. The Bertz CT molecular complexity index is 878. The molecule has 152 valence electrons. The second-order valence-corrected chi connectivity index (χ2v) is 8.32. The molecule has 2 atom stereocenters. The lowest BCUT2D eigenvalue weighted by atomic mass is 9.76. The van der Waals surface area contributed by atoms with E-state index in [1.807, 2.05) is 36.4 Å². The summed E-state index contributed by atoms with van der Waals surface area (Å²) in [5.74, 6) is 0.232. The second kappa shape index (κ2) is 9.27. The quantitative estimate of drug-likeness (QED) is 0.541. The molecule has 3 rings (SSSR count). The molecule has 0 radical (unpaired) electrons. The first kappa shape index (κ1) is 21.1. The summed E-state index contributed by atoms with van der Waals surface area (Å²) in [5, 5.41) is 6.25. The summed E-state index contributed by atoms with van der Waals surface area (Å²) in [7, 11) is 0. The number of hydrogen-bond acceptors (Lipinski definition) is 2. The van der Waals surface area contributed by atoms with E-state index in [1.54, 1.807) is 24.3 Å². The number of rotatable bonds is 6. The summed E-state index contributed by atoms with van der Waals surface area (Å²) >= 11 is 6.25. The monoisotopic (exact) mass is 410 g/mol. The zero-order valence-electron chi connectivity index (χ0n) is 16.8. The number of nitrogens with one attached hydrogen (secondary N) is 2. The zero-order chi connectivity index (χ0) is 20.9. The van der Waals surface area contributed by atoms with E-state index in [-0.39, 0.29) is 29.3 Å². The Kier molecular flexibility index (Phi) is 6.75. The van der Waals surface area contributed by atoms with Crippen molar-refractivity contribution in [2.75, 3.05) is 5.88 Å². The number of carbonyl (C=O) groups is 2. The number of hydrogen-bond donors (Lipinski definition) is 2. The molecule has 1 aliphatic carbocycles. The lowest BCUT2D eigenvalue weighted by Gasteiger charge is -2.37. The van der Waals surface area contributed by atoms with Gasteiger partial charge in [0.1, 0.15) is 0 Å². The van der Waals surface area contributed by atoms with Crippen LogP contribution in [0.5, 0.6) is 0 Å². The number of carbonyl (C=O) groups excluding carboxylic acids is 2. The molecule has 0 heterocycles. The molecular weight excluding hydrogens is 384 g/mol. The summed E-state index contributed by atoms with van der Waals surface area (Å²) in [4.78, 5) is 25.2. The van der Waals surface area contributed by atoms with Gasteiger partial charge >= 0.3 is 0 Å². The van der Waals surface area contributed by atoms with Gasteiger partial charge in [0.05, 0.1) is 6.04 Å². The van der Waals surface area contributed by atoms with Crippen molar-refractivity contribution in [2.24, 2.45) is 5.41 Å². The Labute approximate surface area is 177 Å². The Balaban J connectivity index is 1.78. The van der Waals surface area contributed by atoms with Crippen LogP contribution >= 0.6 is 11.6 Å². The molecule has 0 spiro atoms. The highest BCUT2D eigenvalue weighted by molar-refractivity contribution is 6.18. The van der Waals surface area contributed by atoms with E-state index < -0.39 is 0 Å². The van der Waals surface area contributed by atoms with Gasteiger partial charge in [-0.05, 0) is 42.7 Å². The first-order valence-corrected chi connectivity index (χ1v) is 10.4. The molecule has 0 unspecified atom stereocenters. The van der Waals surface area contributed by atoms with Gasteiger partial charge in [-0.25, -0.2) is 0 Å². The Hall–Kier alpha value is -2.59. The molecule has 0 aliphatic heterocycles. The van der Waals surface area contributed by atoms with E-state index in [9.17, 15) is 9.59 Å². The first-order chi connectivity index (χ1) is 13.9. The van der Waals surface area contributed by atoms with Crippen LogP contribution in [-0.4, -0.2) is 29.8 Å². The normalized spacial score (nSPS) is 19.2. The SMILES string of the molecule is CC(C)(CCl)C1=C[C@@H](NC(=O)c2ccccc2)CC[C@H]1NC(=O)c1ccccc1. The van der Waals surface area contributed by atoms with Crippen molar-refractivity contribution in [2.45, 2.75) is 38.8 Å². The molecule has 2 aromatic carbocycles. The van der Waals surface area contributed by atoms with Crippen LogP contribution in [0.4, 0.5) is 0 Å². The van der Waals surface area contributed by atoms with Crippen LogP contribution in [0.2, 0.25) is 0 Å². The van der Waals surface area contributed by atoms with Crippen molar-refractivity contribution in [3.8, 4) is 0 Å². The highest BCUT2D eigenvalue weighted by Crippen LogP contribution is 2.35. The Morgan fingerprint density at radius 2 is 1.41 bits per heavy atom. The minimum Gasteiger partial charge on any atom is -0.346 e. The van der Waals surface area contributed by atoms with Crippen LogP contribution in [0.15, 0.2) is 72.3 Å². The van der Waals surface area contributed by atoms with Crippen molar-refractivity contribution >= 4 is 23.4 Å². The third-order valence-electron chi connectivity index (χ3n) is 5.33. The Morgan fingerprint density at radius 1 is 0.897 bits per heavy atom. The fraction of sp³-hybridized carbons (Fsp3) is 0.333. The molecule has 0 fully saturated rings. The van der Waals surface area contributed by atoms with Crippen molar-refractivity contribution in [3.05, 3.63) is 83.4 Å². The summed E-state index contributed by atoms with van der Waals surface area (Å²) in [5.41, 5.74) is 2.03. The van der Waals surface area contributed by atoms with Crippen molar-refractivity contribution in [3.63, 3.8) is 0 Å². The van der Waals surface area contributed by atoms with Gasteiger partial charge in [-0.1, -0.05) is 56.3 Å². The zero-order valence-corrected chi connectivity index (χ0v) is 17.6. The number of amides is 2. The van der Waals surface area contributed by atoms with Crippen molar-refractivity contribution < 1.29 is 9.59 Å². The van der Waals surface area contributed by atoms with Crippen molar-refractivity contribution in [1.29, 1.82) is 0 Å². The highest BCUT2D eigenvalue weighted by Gasteiger charge is 2.34. The molecule has 2 aromatic rings. The second-order valence-electron chi connectivity index (χ2n) is 8.05. The maximum absolute atomic E-state index is 12.7. The van der Waals surface area contributed by atoms with Gasteiger partial charge in [0.2, 0.25) is 0 Å². The third-order valence-corrected chi connectivity index (χ3v) is 6.00.